The second-order valence-electron chi connectivity index (χ2n) is 6.36. The molecule has 0 saturated heterocycles. The number of furan rings is 1. The first-order chi connectivity index (χ1) is 13.6. The van der Waals surface area contributed by atoms with Crippen LogP contribution in [0.1, 0.15) is 21.7 Å². The van der Waals surface area contributed by atoms with Gasteiger partial charge in [-0.15, -0.1) is 0 Å². The Balaban J connectivity index is 1.55. The van der Waals surface area contributed by atoms with Gasteiger partial charge in [-0.1, -0.05) is 29.3 Å². The van der Waals surface area contributed by atoms with Crippen molar-refractivity contribution in [1.82, 2.24) is 4.90 Å². The number of nitrogens with zero attached hydrogens (tertiary/aromatic N) is 1. The van der Waals surface area contributed by atoms with Gasteiger partial charge in [-0.3, -0.25) is 4.79 Å². The summed E-state index contributed by atoms with van der Waals surface area (Å²) in [7, 11) is 0. The van der Waals surface area contributed by atoms with E-state index in [1.54, 1.807) is 47.6 Å². The largest absolute Gasteiger partial charge is 0.467 e. The molecule has 7 heteroatoms. The maximum Gasteiger partial charge on any atom is 0.254 e. The zero-order valence-corrected chi connectivity index (χ0v) is 16.4. The van der Waals surface area contributed by atoms with Gasteiger partial charge in [-0.05, 0) is 54.4 Å². The number of fused-ring (bicyclic) bond motifs is 1. The Bertz CT molecular complexity index is 988. The number of halogens is 2. The van der Waals surface area contributed by atoms with E-state index in [0.29, 0.717) is 52.4 Å². The lowest BCUT2D eigenvalue weighted by atomic mass is 10.1. The van der Waals surface area contributed by atoms with Crippen LogP contribution in [0.3, 0.4) is 0 Å². The highest BCUT2D eigenvalue weighted by Gasteiger charge is 2.21. The first-order valence-electron chi connectivity index (χ1n) is 8.75. The number of amides is 1. The van der Waals surface area contributed by atoms with Gasteiger partial charge < -0.3 is 18.8 Å². The average Bonchev–Trinajstić information content (AvgIpc) is 3.36. The minimum absolute atomic E-state index is 0.125. The zero-order chi connectivity index (χ0) is 19.5. The summed E-state index contributed by atoms with van der Waals surface area (Å²) in [5, 5.41) is 1.17. The summed E-state index contributed by atoms with van der Waals surface area (Å²) in [5.74, 6) is 1.79. The van der Waals surface area contributed by atoms with Gasteiger partial charge in [0.15, 0.2) is 11.5 Å². The third-order valence-electron chi connectivity index (χ3n) is 4.50. The van der Waals surface area contributed by atoms with Gasteiger partial charge >= 0.3 is 0 Å². The Morgan fingerprint density at radius 3 is 2.68 bits per heavy atom. The molecule has 0 aliphatic carbocycles. The van der Waals surface area contributed by atoms with Crippen molar-refractivity contribution < 1.29 is 18.7 Å². The number of carbonyl (C=O) groups is 1. The van der Waals surface area contributed by atoms with Crippen molar-refractivity contribution in [3.63, 3.8) is 0 Å². The fourth-order valence-electron chi connectivity index (χ4n) is 3.04. The lowest BCUT2D eigenvalue weighted by molar-refractivity contribution is 0.0733. The monoisotopic (exact) mass is 417 g/mol. The van der Waals surface area contributed by atoms with E-state index in [2.05, 4.69) is 0 Å². The number of benzene rings is 2. The maximum absolute atomic E-state index is 13.2. The van der Waals surface area contributed by atoms with Crippen LogP contribution in [0.4, 0.5) is 0 Å². The third kappa shape index (κ3) is 4.11. The number of hydrogen-bond donors (Lipinski definition) is 0. The van der Waals surface area contributed by atoms with E-state index in [4.69, 9.17) is 37.1 Å². The van der Waals surface area contributed by atoms with E-state index in [1.165, 1.54) is 0 Å². The van der Waals surface area contributed by atoms with E-state index in [-0.39, 0.29) is 12.7 Å². The van der Waals surface area contributed by atoms with E-state index >= 15 is 0 Å². The van der Waals surface area contributed by atoms with Gasteiger partial charge in [-0.25, -0.2) is 0 Å². The zero-order valence-electron chi connectivity index (χ0n) is 14.9. The Morgan fingerprint density at radius 1 is 1.04 bits per heavy atom. The molecule has 1 aliphatic rings. The van der Waals surface area contributed by atoms with Crippen molar-refractivity contribution in [3.8, 4) is 11.5 Å². The highest BCUT2D eigenvalue weighted by atomic mass is 35.5. The highest BCUT2D eigenvalue weighted by molar-refractivity contribution is 6.35. The highest BCUT2D eigenvalue weighted by Crippen LogP contribution is 2.33. The Morgan fingerprint density at radius 2 is 1.89 bits per heavy atom. The van der Waals surface area contributed by atoms with Crippen molar-refractivity contribution in [3.05, 3.63) is 81.7 Å². The van der Waals surface area contributed by atoms with Crippen molar-refractivity contribution in [2.45, 2.75) is 13.0 Å². The van der Waals surface area contributed by atoms with Crippen molar-refractivity contribution >= 4 is 29.1 Å². The van der Waals surface area contributed by atoms with Crippen LogP contribution in [0.25, 0.3) is 0 Å². The van der Waals surface area contributed by atoms with Crippen LogP contribution in [-0.4, -0.2) is 24.1 Å². The molecule has 0 radical (unpaired) electrons. The SMILES string of the molecule is O=C(c1ccc2c(c1)OCO2)N(CCc1ccc(Cl)cc1Cl)Cc1ccco1. The minimum Gasteiger partial charge on any atom is -0.467 e. The molecule has 4 rings (SSSR count). The second-order valence-corrected chi connectivity index (χ2v) is 7.20. The molecule has 144 valence electrons. The Hall–Kier alpha value is -2.63. The quantitative estimate of drug-likeness (QED) is 0.552. The predicted molar refractivity (Wildman–Crippen MR) is 106 cm³/mol. The van der Waals surface area contributed by atoms with Crippen LogP contribution in [-0.2, 0) is 13.0 Å². The molecule has 0 fully saturated rings. The molecule has 1 aliphatic heterocycles. The fraction of sp³-hybridized carbons (Fsp3) is 0.190. The van der Waals surface area contributed by atoms with Crippen LogP contribution in [0.2, 0.25) is 10.0 Å². The molecule has 2 heterocycles. The van der Waals surface area contributed by atoms with Crippen LogP contribution in [0, 0.1) is 0 Å². The molecular weight excluding hydrogens is 401 g/mol. The molecule has 0 atom stereocenters. The molecule has 3 aromatic rings. The predicted octanol–water partition coefficient (Wildman–Crippen LogP) is 5.20. The van der Waals surface area contributed by atoms with Crippen LogP contribution in [0.15, 0.2) is 59.2 Å². The van der Waals surface area contributed by atoms with Crippen LogP contribution in [0.5, 0.6) is 11.5 Å². The lowest BCUT2D eigenvalue weighted by Gasteiger charge is -2.22. The summed E-state index contributed by atoms with van der Waals surface area (Å²) in [6, 6.07) is 14.2. The lowest BCUT2D eigenvalue weighted by Crippen LogP contribution is -2.32. The molecule has 28 heavy (non-hydrogen) atoms. The topological polar surface area (TPSA) is 51.9 Å². The molecule has 1 aromatic heterocycles. The van der Waals surface area contributed by atoms with E-state index in [0.717, 1.165) is 5.56 Å². The van der Waals surface area contributed by atoms with Gasteiger partial charge in [0, 0.05) is 22.2 Å². The summed E-state index contributed by atoms with van der Waals surface area (Å²) in [6.07, 6.45) is 2.18. The smallest absolute Gasteiger partial charge is 0.254 e. The first kappa shape index (κ1) is 18.7. The summed E-state index contributed by atoms with van der Waals surface area (Å²) >= 11 is 12.2. The molecule has 0 spiro atoms. The number of hydrogen-bond acceptors (Lipinski definition) is 4. The maximum atomic E-state index is 13.2. The molecule has 0 bridgehead atoms. The average molecular weight is 418 g/mol. The van der Waals surface area contributed by atoms with Gasteiger partial charge in [-0.2, -0.15) is 0 Å². The molecule has 5 nitrogen and oxygen atoms in total. The van der Waals surface area contributed by atoms with Crippen molar-refractivity contribution in [2.75, 3.05) is 13.3 Å². The molecule has 1 amide bonds. The molecule has 0 unspecified atom stereocenters. The number of carbonyl (C=O) groups excluding carboxylic acids is 1. The fourth-order valence-corrected chi connectivity index (χ4v) is 3.54. The molecule has 0 saturated carbocycles. The summed E-state index contributed by atoms with van der Waals surface area (Å²) in [6.45, 7) is 0.985. The van der Waals surface area contributed by atoms with Crippen LogP contribution < -0.4 is 9.47 Å². The second kappa shape index (κ2) is 8.17. The van der Waals surface area contributed by atoms with Gasteiger partial charge in [0.25, 0.3) is 5.91 Å². The molecular formula is C21H17Cl2NO4. The summed E-state index contributed by atoms with van der Waals surface area (Å²) in [4.78, 5) is 14.9. The van der Waals surface area contributed by atoms with Gasteiger partial charge in [0.1, 0.15) is 5.76 Å². The van der Waals surface area contributed by atoms with E-state index in [1.807, 2.05) is 12.1 Å². The molecule has 2 aromatic carbocycles. The Kier molecular flexibility index (Phi) is 5.46. The van der Waals surface area contributed by atoms with Crippen molar-refractivity contribution in [2.24, 2.45) is 0 Å². The standard InChI is InChI=1S/C21H17Cl2NO4/c22-16-5-3-14(18(23)11-16)7-8-24(12-17-2-1-9-26-17)21(25)15-4-6-19-20(10-15)28-13-27-19/h1-6,9-11H,7-8,12-13H2. The van der Waals surface area contributed by atoms with Gasteiger partial charge in [0.05, 0.1) is 12.8 Å². The summed E-state index contributed by atoms with van der Waals surface area (Å²) < 4.78 is 16.1. The van der Waals surface area contributed by atoms with E-state index in [9.17, 15) is 4.79 Å². The van der Waals surface area contributed by atoms with E-state index < -0.39 is 0 Å². The molecule has 0 N–H and O–H groups in total. The summed E-state index contributed by atoms with van der Waals surface area (Å²) in [5.41, 5.74) is 1.45. The minimum atomic E-state index is -0.125. The third-order valence-corrected chi connectivity index (χ3v) is 5.09. The number of rotatable bonds is 6. The van der Waals surface area contributed by atoms with Crippen molar-refractivity contribution in [1.29, 1.82) is 0 Å². The van der Waals surface area contributed by atoms with Gasteiger partial charge in [0.2, 0.25) is 6.79 Å². The Labute approximate surface area is 172 Å². The first-order valence-corrected chi connectivity index (χ1v) is 9.51. The number of ether oxygens (including phenoxy) is 2. The van der Waals surface area contributed by atoms with Crippen LogP contribution >= 0.6 is 23.2 Å². The normalized spacial score (nSPS) is 12.2.